The Morgan fingerprint density at radius 1 is 1.22 bits per heavy atom. The van der Waals surface area contributed by atoms with Gasteiger partial charge in [0.2, 0.25) is 5.95 Å². The van der Waals surface area contributed by atoms with Gasteiger partial charge in [0.25, 0.3) is 5.91 Å². The predicted molar refractivity (Wildman–Crippen MR) is 84.4 cm³/mol. The van der Waals surface area contributed by atoms with Crippen LogP contribution in [0.3, 0.4) is 0 Å². The van der Waals surface area contributed by atoms with Crippen molar-refractivity contribution in [3.05, 3.63) is 48.6 Å². The van der Waals surface area contributed by atoms with Crippen molar-refractivity contribution in [2.24, 2.45) is 0 Å². The molecule has 118 valence electrons. The lowest BCUT2D eigenvalue weighted by Gasteiger charge is -2.32. The molecule has 7 heteroatoms. The quantitative estimate of drug-likeness (QED) is 0.797. The van der Waals surface area contributed by atoms with Crippen LogP contribution in [0.1, 0.15) is 23.2 Å². The second-order valence-corrected chi connectivity index (χ2v) is 5.68. The summed E-state index contributed by atoms with van der Waals surface area (Å²) >= 11 is 0. The molecule has 1 N–H and O–H groups in total. The third-order valence-electron chi connectivity index (χ3n) is 4.19. The van der Waals surface area contributed by atoms with Gasteiger partial charge in [-0.1, -0.05) is 6.07 Å². The van der Waals surface area contributed by atoms with E-state index in [0.29, 0.717) is 5.56 Å². The average molecular weight is 311 g/mol. The summed E-state index contributed by atoms with van der Waals surface area (Å²) in [6.45, 7) is 1.68. The van der Waals surface area contributed by atoms with Gasteiger partial charge in [0.05, 0.1) is 11.8 Å². The van der Waals surface area contributed by atoms with Crippen molar-refractivity contribution in [1.29, 1.82) is 0 Å². The van der Waals surface area contributed by atoms with E-state index in [1.807, 2.05) is 28.8 Å². The number of carbonyl (C=O) groups is 1. The first-order valence-electron chi connectivity index (χ1n) is 7.69. The standard InChI is InChI=1S/C16H17N5O2/c22-15(12-6-10-23-11-12)17-13-4-8-20(9-5-13)16-19-18-14-3-1-2-7-21(14)16/h1-3,6-7,10-11,13H,4-5,8-9H2,(H,17,22). The smallest absolute Gasteiger partial charge is 0.254 e. The van der Waals surface area contributed by atoms with Crippen molar-refractivity contribution in [1.82, 2.24) is 19.9 Å². The van der Waals surface area contributed by atoms with Crippen LogP contribution in [-0.4, -0.2) is 39.6 Å². The number of aromatic nitrogens is 3. The summed E-state index contributed by atoms with van der Waals surface area (Å²) in [5.74, 6) is 0.783. The minimum Gasteiger partial charge on any atom is -0.472 e. The van der Waals surface area contributed by atoms with Crippen molar-refractivity contribution in [3.8, 4) is 0 Å². The number of piperidine rings is 1. The number of rotatable bonds is 3. The molecule has 0 unspecified atom stereocenters. The third kappa shape index (κ3) is 2.65. The number of amides is 1. The SMILES string of the molecule is O=C(NC1CCN(c2nnc3ccccn23)CC1)c1ccoc1. The lowest BCUT2D eigenvalue weighted by Crippen LogP contribution is -2.45. The first-order chi connectivity index (χ1) is 11.3. The molecule has 4 rings (SSSR count). The Hall–Kier alpha value is -2.83. The van der Waals surface area contributed by atoms with Crippen LogP contribution in [0.25, 0.3) is 5.65 Å². The molecule has 1 aliphatic heterocycles. The normalized spacial score (nSPS) is 15.9. The van der Waals surface area contributed by atoms with E-state index in [0.717, 1.165) is 37.5 Å². The number of hydrogen-bond acceptors (Lipinski definition) is 5. The molecule has 1 fully saturated rings. The molecule has 0 atom stereocenters. The van der Waals surface area contributed by atoms with Gasteiger partial charge < -0.3 is 14.6 Å². The molecule has 1 amide bonds. The van der Waals surface area contributed by atoms with Gasteiger partial charge in [-0.25, -0.2) is 0 Å². The van der Waals surface area contributed by atoms with Crippen LogP contribution in [0, 0.1) is 0 Å². The summed E-state index contributed by atoms with van der Waals surface area (Å²) in [7, 11) is 0. The van der Waals surface area contributed by atoms with Gasteiger partial charge in [0.1, 0.15) is 6.26 Å². The Bertz CT molecular complexity index is 803. The number of hydrogen-bond donors (Lipinski definition) is 1. The van der Waals surface area contributed by atoms with Gasteiger partial charge >= 0.3 is 0 Å². The van der Waals surface area contributed by atoms with Crippen molar-refractivity contribution >= 4 is 17.5 Å². The predicted octanol–water partition coefficient (Wildman–Crippen LogP) is 1.72. The lowest BCUT2D eigenvalue weighted by atomic mass is 10.0. The molecule has 1 aliphatic rings. The van der Waals surface area contributed by atoms with E-state index in [9.17, 15) is 4.79 Å². The van der Waals surface area contributed by atoms with Crippen LogP contribution >= 0.6 is 0 Å². The summed E-state index contributed by atoms with van der Waals surface area (Å²) in [4.78, 5) is 14.3. The average Bonchev–Trinajstić information content (AvgIpc) is 3.25. The Morgan fingerprint density at radius 2 is 2.09 bits per heavy atom. The number of pyridine rings is 1. The number of fused-ring (bicyclic) bond motifs is 1. The monoisotopic (exact) mass is 311 g/mol. The zero-order chi connectivity index (χ0) is 15.6. The molecular formula is C16H17N5O2. The van der Waals surface area contributed by atoms with Gasteiger partial charge in [0, 0.05) is 25.3 Å². The van der Waals surface area contributed by atoms with Crippen molar-refractivity contribution in [3.63, 3.8) is 0 Å². The van der Waals surface area contributed by atoms with Gasteiger partial charge in [-0.15, -0.1) is 10.2 Å². The van der Waals surface area contributed by atoms with Crippen molar-refractivity contribution in [2.45, 2.75) is 18.9 Å². The summed E-state index contributed by atoms with van der Waals surface area (Å²) in [6.07, 6.45) is 6.70. The molecule has 1 saturated heterocycles. The van der Waals surface area contributed by atoms with Crippen molar-refractivity contribution in [2.75, 3.05) is 18.0 Å². The fourth-order valence-electron chi connectivity index (χ4n) is 2.93. The number of anilines is 1. The fraction of sp³-hybridized carbons (Fsp3) is 0.312. The maximum atomic E-state index is 12.0. The summed E-state index contributed by atoms with van der Waals surface area (Å²) < 4.78 is 6.94. The largest absolute Gasteiger partial charge is 0.472 e. The van der Waals surface area contributed by atoms with E-state index < -0.39 is 0 Å². The van der Waals surface area contributed by atoms with Crippen LogP contribution in [-0.2, 0) is 0 Å². The Balaban J connectivity index is 1.40. The number of carbonyl (C=O) groups excluding carboxylic acids is 1. The van der Waals surface area contributed by atoms with Crippen LogP contribution in [0.4, 0.5) is 5.95 Å². The zero-order valence-electron chi connectivity index (χ0n) is 12.6. The Labute approximate surface area is 132 Å². The topological polar surface area (TPSA) is 75.7 Å². The highest BCUT2D eigenvalue weighted by atomic mass is 16.3. The van der Waals surface area contributed by atoms with Crippen LogP contribution < -0.4 is 10.2 Å². The lowest BCUT2D eigenvalue weighted by molar-refractivity contribution is 0.0930. The van der Waals surface area contributed by atoms with Gasteiger partial charge in [-0.3, -0.25) is 9.20 Å². The van der Waals surface area contributed by atoms with Crippen LogP contribution in [0.15, 0.2) is 47.4 Å². The maximum absolute atomic E-state index is 12.0. The van der Waals surface area contributed by atoms with Crippen LogP contribution in [0.2, 0.25) is 0 Å². The van der Waals surface area contributed by atoms with Gasteiger partial charge in [0.15, 0.2) is 5.65 Å². The Morgan fingerprint density at radius 3 is 2.87 bits per heavy atom. The third-order valence-corrected chi connectivity index (χ3v) is 4.19. The molecule has 0 bridgehead atoms. The van der Waals surface area contributed by atoms with Crippen LogP contribution in [0.5, 0.6) is 0 Å². The van der Waals surface area contributed by atoms with E-state index in [4.69, 9.17) is 4.42 Å². The van der Waals surface area contributed by atoms with Gasteiger partial charge in [-0.2, -0.15) is 0 Å². The minimum absolute atomic E-state index is 0.0786. The molecule has 0 aliphatic carbocycles. The summed E-state index contributed by atoms with van der Waals surface area (Å²) in [5, 5.41) is 11.5. The zero-order valence-corrected chi connectivity index (χ0v) is 12.6. The molecule has 0 saturated carbocycles. The highest BCUT2D eigenvalue weighted by Gasteiger charge is 2.24. The van der Waals surface area contributed by atoms with E-state index in [-0.39, 0.29) is 11.9 Å². The molecule has 0 spiro atoms. The second kappa shape index (κ2) is 5.75. The molecule has 7 nitrogen and oxygen atoms in total. The molecule has 3 aromatic heterocycles. The first-order valence-corrected chi connectivity index (χ1v) is 7.69. The first kappa shape index (κ1) is 13.8. The van der Waals surface area contributed by atoms with E-state index in [1.165, 1.54) is 12.5 Å². The minimum atomic E-state index is -0.0786. The molecule has 3 aromatic rings. The molecule has 4 heterocycles. The van der Waals surface area contributed by atoms with Crippen molar-refractivity contribution < 1.29 is 9.21 Å². The Kier molecular flexibility index (Phi) is 3.45. The number of nitrogens with zero attached hydrogens (tertiary/aromatic N) is 4. The van der Waals surface area contributed by atoms with E-state index >= 15 is 0 Å². The highest BCUT2D eigenvalue weighted by molar-refractivity contribution is 5.93. The summed E-state index contributed by atoms with van der Waals surface area (Å²) in [5.41, 5.74) is 1.41. The number of nitrogens with one attached hydrogen (secondary N) is 1. The molecular weight excluding hydrogens is 294 g/mol. The number of furan rings is 1. The highest BCUT2D eigenvalue weighted by Crippen LogP contribution is 2.19. The summed E-state index contributed by atoms with van der Waals surface area (Å²) in [6, 6.07) is 7.71. The van der Waals surface area contributed by atoms with E-state index in [2.05, 4.69) is 20.4 Å². The maximum Gasteiger partial charge on any atom is 0.254 e. The van der Waals surface area contributed by atoms with Gasteiger partial charge in [-0.05, 0) is 31.0 Å². The molecule has 0 radical (unpaired) electrons. The fourth-order valence-corrected chi connectivity index (χ4v) is 2.93. The second-order valence-electron chi connectivity index (χ2n) is 5.68. The molecule has 23 heavy (non-hydrogen) atoms. The van der Waals surface area contributed by atoms with E-state index in [1.54, 1.807) is 6.07 Å². The molecule has 0 aromatic carbocycles.